The summed E-state index contributed by atoms with van der Waals surface area (Å²) in [5.41, 5.74) is 4.15. The van der Waals surface area contributed by atoms with E-state index >= 15 is 0 Å². The van der Waals surface area contributed by atoms with Gasteiger partial charge in [0.05, 0.1) is 33.0 Å². The maximum absolute atomic E-state index is 13.8. The molecule has 1 heterocycles. The molecule has 19 heavy (non-hydrogen) atoms. The van der Waals surface area contributed by atoms with Crippen LogP contribution in [0.25, 0.3) is 10.2 Å². The molecule has 3 rings (SSSR count). The summed E-state index contributed by atoms with van der Waals surface area (Å²) in [6, 6.07) is 11.9. The van der Waals surface area contributed by atoms with Gasteiger partial charge >= 0.3 is 0 Å². The number of nitrogens with zero attached hydrogens (tertiary/aromatic N) is 2. The quantitative estimate of drug-likeness (QED) is 0.763. The lowest BCUT2D eigenvalue weighted by molar-refractivity contribution is 0.631. The number of rotatable bonds is 2. The number of nitriles is 1. The average Bonchev–Trinajstić information content (AvgIpc) is 2.88. The number of hydrogen-bond acceptors (Lipinski definition) is 4. The highest BCUT2D eigenvalue weighted by molar-refractivity contribution is 7.16. The van der Waals surface area contributed by atoms with E-state index in [4.69, 9.17) is 5.26 Å². The second-order valence-corrected chi connectivity index (χ2v) is 4.85. The van der Waals surface area contributed by atoms with Gasteiger partial charge in [-0.3, -0.25) is 0 Å². The highest BCUT2D eigenvalue weighted by Gasteiger charge is 2.05. The molecule has 2 aromatic carbocycles. The van der Waals surface area contributed by atoms with Gasteiger partial charge in [0, 0.05) is 5.69 Å². The summed E-state index contributed by atoms with van der Waals surface area (Å²) in [6.07, 6.45) is 0. The van der Waals surface area contributed by atoms with Crippen molar-refractivity contribution in [1.82, 2.24) is 4.98 Å². The minimum Gasteiger partial charge on any atom is -0.353 e. The van der Waals surface area contributed by atoms with E-state index in [1.807, 2.05) is 24.3 Å². The van der Waals surface area contributed by atoms with Crippen LogP contribution in [0.3, 0.4) is 0 Å². The van der Waals surface area contributed by atoms with E-state index in [9.17, 15) is 4.39 Å². The van der Waals surface area contributed by atoms with Crippen LogP contribution in [-0.2, 0) is 0 Å². The van der Waals surface area contributed by atoms with Crippen LogP contribution in [0.4, 0.5) is 15.8 Å². The number of hydrogen-bond donors (Lipinski definition) is 1. The van der Waals surface area contributed by atoms with E-state index in [2.05, 4.69) is 10.3 Å². The summed E-state index contributed by atoms with van der Waals surface area (Å²) in [7, 11) is 0. The third kappa shape index (κ3) is 2.26. The molecular formula is C14H8FN3S. The molecule has 0 bridgehead atoms. The highest BCUT2D eigenvalue weighted by Crippen LogP contribution is 2.25. The molecule has 5 heteroatoms. The Morgan fingerprint density at radius 3 is 2.89 bits per heavy atom. The first-order chi connectivity index (χ1) is 9.26. The van der Waals surface area contributed by atoms with Crippen LogP contribution in [0.5, 0.6) is 0 Å². The SMILES string of the molecule is N#Cc1ccc(Nc2ccc3ncsc3c2)c(F)c1. The summed E-state index contributed by atoms with van der Waals surface area (Å²) in [5.74, 6) is -0.441. The Labute approximate surface area is 113 Å². The molecule has 0 saturated carbocycles. The number of benzene rings is 2. The lowest BCUT2D eigenvalue weighted by Crippen LogP contribution is -1.94. The molecule has 0 aliphatic heterocycles. The lowest BCUT2D eigenvalue weighted by atomic mass is 10.2. The molecule has 3 aromatic rings. The molecule has 0 amide bonds. The van der Waals surface area contributed by atoms with Crippen molar-refractivity contribution in [1.29, 1.82) is 5.26 Å². The van der Waals surface area contributed by atoms with Crippen molar-refractivity contribution in [2.75, 3.05) is 5.32 Å². The zero-order chi connectivity index (χ0) is 13.2. The largest absolute Gasteiger partial charge is 0.353 e. The zero-order valence-corrected chi connectivity index (χ0v) is 10.5. The lowest BCUT2D eigenvalue weighted by Gasteiger charge is -2.07. The molecule has 0 saturated heterocycles. The van der Waals surface area contributed by atoms with Gasteiger partial charge in [-0.1, -0.05) is 0 Å². The molecule has 0 aliphatic rings. The van der Waals surface area contributed by atoms with Gasteiger partial charge in [-0.2, -0.15) is 5.26 Å². The van der Waals surface area contributed by atoms with E-state index in [0.717, 1.165) is 15.9 Å². The number of thiazole rings is 1. The van der Waals surface area contributed by atoms with E-state index in [1.54, 1.807) is 17.6 Å². The summed E-state index contributed by atoms with van der Waals surface area (Å²) in [4.78, 5) is 4.19. The molecule has 92 valence electrons. The van der Waals surface area contributed by atoms with Crippen LogP contribution in [0, 0.1) is 17.1 Å². The Bertz CT molecular complexity index is 789. The third-order valence-corrected chi connectivity index (χ3v) is 3.50. The Kier molecular flexibility index (Phi) is 2.86. The van der Waals surface area contributed by atoms with Crippen molar-refractivity contribution in [3.63, 3.8) is 0 Å². The Morgan fingerprint density at radius 1 is 1.21 bits per heavy atom. The maximum Gasteiger partial charge on any atom is 0.147 e. The minimum atomic E-state index is -0.441. The Hall–Kier alpha value is -2.45. The molecule has 0 aliphatic carbocycles. The normalized spacial score (nSPS) is 10.3. The molecule has 1 N–H and O–H groups in total. The van der Waals surface area contributed by atoms with Gasteiger partial charge in [0.1, 0.15) is 5.82 Å². The smallest absolute Gasteiger partial charge is 0.147 e. The van der Waals surface area contributed by atoms with Crippen molar-refractivity contribution < 1.29 is 4.39 Å². The van der Waals surface area contributed by atoms with Gasteiger partial charge in [-0.25, -0.2) is 9.37 Å². The van der Waals surface area contributed by atoms with Crippen LogP contribution >= 0.6 is 11.3 Å². The van der Waals surface area contributed by atoms with E-state index in [1.165, 1.54) is 17.4 Å². The first-order valence-electron chi connectivity index (χ1n) is 5.56. The van der Waals surface area contributed by atoms with Gasteiger partial charge in [-0.15, -0.1) is 11.3 Å². The average molecular weight is 269 g/mol. The van der Waals surface area contributed by atoms with Crippen molar-refractivity contribution in [2.24, 2.45) is 0 Å². The molecule has 0 atom stereocenters. The molecule has 3 nitrogen and oxygen atoms in total. The van der Waals surface area contributed by atoms with Gasteiger partial charge < -0.3 is 5.32 Å². The third-order valence-electron chi connectivity index (χ3n) is 2.71. The summed E-state index contributed by atoms with van der Waals surface area (Å²) < 4.78 is 14.8. The number of nitrogens with one attached hydrogen (secondary N) is 1. The number of anilines is 2. The zero-order valence-electron chi connectivity index (χ0n) is 9.72. The molecule has 0 radical (unpaired) electrons. The van der Waals surface area contributed by atoms with Crippen LogP contribution in [-0.4, -0.2) is 4.98 Å². The number of aromatic nitrogens is 1. The van der Waals surface area contributed by atoms with E-state index in [-0.39, 0.29) is 0 Å². The van der Waals surface area contributed by atoms with Gasteiger partial charge in [-0.05, 0) is 36.4 Å². The Balaban J connectivity index is 1.94. The highest BCUT2D eigenvalue weighted by atomic mass is 32.1. The molecule has 1 aromatic heterocycles. The van der Waals surface area contributed by atoms with Crippen LogP contribution in [0.2, 0.25) is 0 Å². The molecule has 0 fully saturated rings. The molecule has 0 spiro atoms. The number of fused-ring (bicyclic) bond motifs is 1. The predicted molar refractivity (Wildman–Crippen MR) is 74.0 cm³/mol. The number of halogens is 1. The fraction of sp³-hybridized carbons (Fsp3) is 0. The first-order valence-corrected chi connectivity index (χ1v) is 6.44. The first kappa shape index (κ1) is 11.6. The summed E-state index contributed by atoms with van der Waals surface area (Å²) in [5, 5.41) is 11.7. The fourth-order valence-electron chi connectivity index (χ4n) is 1.77. The van der Waals surface area contributed by atoms with Crippen molar-refractivity contribution in [2.45, 2.75) is 0 Å². The van der Waals surface area contributed by atoms with Gasteiger partial charge in [0.25, 0.3) is 0 Å². The second-order valence-electron chi connectivity index (χ2n) is 3.97. The maximum atomic E-state index is 13.8. The second kappa shape index (κ2) is 4.67. The van der Waals surface area contributed by atoms with Crippen LogP contribution in [0.1, 0.15) is 5.56 Å². The Morgan fingerprint density at radius 2 is 2.11 bits per heavy atom. The summed E-state index contributed by atoms with van der Waals surface area (Å²) >= 11 is 1.53. The molecular weight excluding hydrogens is 261 g/mol. The van der Waals surface area contributed by atoms with Crippen LogP contribution in [0.15, 0.2) is 41.9 Å². The van der Waals surface area contributed by atoms with Crippen molar-refractivity contribution in [3.8, 4) is 6.07 Å². The van der Waals surface area contributed by atoms with Crippen molar-refractivity contribution in [3.05, 3.63) is 53.3 Å². The monoisotopic (exact) mass is 269 g/mol. The van der Waals surface area contributed by atoms with E-state index < -0.39 is 5.82 Å². The summed E-state index contributed by atoms with van der Waals surface area (Å²) in [6.45, 7) is 0. The minimum absolute atomic E-state index is 0.306. The van der Waals surface area contributed by atoms with Crippen molar-refractivity contribution >= 4 is 32.9 Å². The fourth-order valence-corrected chi connectivity index (χ4v) is 2.49. The predicted octanol–water partition coefficient (Wildman–Crippen LogP) is 4.05. The topological polar surface area (TPSA) is 48.7 Å². The standard InChI is InChI=1S/C14H8FN3S/c15-11-5-9(7-16)1-3-12(11)18-10-2-4-13-14(6-10)19-8-17-13/h1-6,8,18H. The van der Waals surface area contributed by atoms with Gasteiger partial charge in [0.2, 0.25) is 0 Å². The van der Waals surface area contributed by atoms with Gasteiger partial charge in [0.15, 0.2) is 0 Å². The molecule has 0 unspecified atom stereocenters. The van der Waals surface area contributed by atoms with E-state index in [0.29, 0.717) is 11.3 Å². The van der Waals surface area contributed by atoms with Crippen LogP contribution < -0.4 is 5.32 Å².